The van der Waals surface area contributed by atoms with Crippen LogP contribution in [-0.4, -0.2) is 25.0 Å². The maximum Gasteiger partial charge on any atom is 0.287 e. The van der Waals surface area contributed by atoms with Gasteiger partial charge in [-0.15, -0.1) is 0 Å². The molecule has 6 nitrogen and oxygen atoms in total. The van der Waals surface area contributed by atoms with E-state index in [9.17, 15) is 4.79 Å². The van der Waals surface area contributed by atoms with Crippen LogP contribution in [0.4, 0.5) is 5.69 Å². The molecule has 0 aliphatic rings. The molecule has 0 aliphatic carbocycles. The maximum absolute atomic E-state index is 11.7. The smallest absolute Gasteiger partial charge is 0.287 e. The fourth-order valence-electron chi connectivity index (χ4n) is 2.16. The Morgan fingerprint density at radius 2 is 2.04 bits per heavy atom. The summed E-state index contributed by atoms with van der Waals surface area (Å²) in [6.07, 6.45) is 2.57. The van der Waals surface area contributed by atoms with E-state index in [0.29, 0.717) is 25.0 Å². The zero-order valence-corrected chi connectivity index (χ0v) is 14.1. The summed E-state index contributed by atoms with van der Waals surface area (Å²) in [5.41, 5.74) is 8.05. The predicted molar refractivity (Wildman–Crippen MR) is 96.3 cm³/mol. The van der Waals surface area contributed by atoms with Crippen LogP contribution in [-0.2, 0) is 0 Å². The highest BCUT2D eigenvalue weighted by Gasteiger charge is 2.06. The average molecular weight is 328 g/mol. The third-order valence-electron chi connectivity index (χ3n) is 3.79. The Kier molecular flexibility index (Phi) is 6.42. The highest BCUT2D eigenvalue weighted by Crippen LogP contribution is 2.20. The first-order chi connectivity index (χ1) is 11.6. The normalized spacial score (nSPS) is 12.7. The number of hydrogen-bond donors (Lipinski definition) is 3. The first-order valence-electron chi connectivity index (χ1n) is 8.08. The fourth-order valence-corrected chi connectivity index (χ4v) is 2.16. The van der Waals surface area contributed by atoms with Gasteiger partial charge in [0.1, 0.15) is 0 Å². The lowest BCUT2D eigenvalue weighted by Crippen LogP contribution is -2.28. The molecule has 4 N–H and O–H groups in total. The number of amides is 1. The van der Waals surface area contributed by atoms with Crippen LogP contribution in [0.1, 0.15) is 42.3 Å². The van der Waals surface area contributed by atoms with Gasteiger partial charge in [-0.05, 0) is 42.2 Å². The van der Waals surface area contributed by atoms with Gasteiger partial charge in [0.25, 0.3) is 5.91 Å². The summed E-state index contributed by atoms with van der Waals surface area (Å²) in [7, 11) is 0. The molecular formula is C18H24N4O2. The average Bonchev–Trinajstić information content (AvgIpc) is 3.13. The minimum absolute atomic E-state index is 0.262. The van der Waals surface area contributed by atoms with Crippen molar-refractivity contribution >= 4 is 17.6 Å². The summed E-state index contributed by atoms with van der Waals surface area (Å²) in [5.74, 6) is 0.884. The van der Waals surface area contributed by atoms with Crippen molar-refractivity contribution in [2.75, 3.05) is 18.4 Å². The Balaban J connectivity index is 1.76. The Morgan fingerprint density at radius 3 is 2.67 bits per heavy atom. The van der Waals surface area contributed by atoms with Crippen LogP contribution in [0.5, 0.6) is 0 Å². The van der Waals surface area contributed by atoms with Crippen LogP contribution >= 0.6 is 0 Å². The Bertz CT molecular complexity index is 663. The van der Waals surface area contributed by atoms with Gasteiger partial charge in [0, 0.05) is 12.2 Å². The monoisotopic (exact) mass is 328 g/mol. The molecule has 1 amide bonds. The number of carbonyl (C=O) groups is 1. The Labute approximate surface area is 142 Å². The highest BCUT2D eigenvalue weighted by atomic mass is 16.3. The van der Waals surface area contributed by atoms with Gasteiger partial charge < -0.3 is 20.8 Å². The van der Waals surface area contributed by atoms with E-state index in [0.717, 1.165) is 12.1 Å². The van der Waals surface area contributed by atoms with Crippen LogP contribution in [0.2, 0.25) is 0 Å². The van der Waals surface area contributed by atoms with E-state index >= 15 is 0 Å². The molecule has 0 saturated carbocycles. The molecule has 0 radical (unpaired) electrons. The highest BCUT2D eigenvalue weighted by molar-refractivity contribution is 5.92. The molecule has 0 spiro atoms. The Hall–Kier alpha value is -2.76. The van der Waals surface area contributed by atoms with Crippen molar-refractivity contribution in [3.63, 3.8) is 0 Å². The SMILES string of the molecule is CCC(C)c1ccc(NC(N)=NCCNC(=O)c2ccco2)cc1. The first kappa shape index (κ1) is 17.6. The van der Waals surface area contributed by atoms with Gasteiger partial charge in [-0.1, -0.05) is 26.0 Å². The lowest BCUT2D eigenvalue weighted by Gasteiger charge is -2.10. The van der Waals surface area contributed by atoms with Gasteiger partial charge in [0.2, 0.25) is 0 Å². The van der Waals surface area contributed by atoms with Gasteiger partial charge in [0.05, 0.1) is 12.8 Å². The lowest BCUT2D eigenvalue weighted by atomic mass is 9.99. The zero-order chi connectivity index (χ0) is 17.4. The second kappa shape index (κ2) is 8.76. The van der Waals surface area contributed by atoms with E-state index in [1.807, 2.05) is 12.1 Å². The second-order valence-electron chi connectivity index (χ2n) is 5.56. The molecular weight excluding hydrogens is 304 g/mol. The molecule has 128 valence electrons. The van der Waals surface area contributed by atoms with Crippen molar-refractivity contribution in [1.82, 2.24) is 5.32 Å². The second-order valence-corrected chi connectivity index (χ2v) is 5.56. The molecule has 1 heterocycles. The number of nitrogens with one attached hydrogen (secondary N) is 2. The van der Waals surface area contributed by atoms with Crippen LogP contribution in [0, 0.1) is 0 Å². The van der Waals surface area contributed by atoms with Crippen molar-refractivity contribution < 1.29 is 9.21 Å². The third-order valence-corrected chi connectivity index (χ3v) is 3.79. The number of nitrogens with zero attached hydrogens (tertiary/aromatic N) is 1. The fraction of sp³-hybridized carbons (Fsp3) is 0.333. The minimum atomic E-state index is -0.262. The quantitative estimate of drug-likeness (QED) is 0.414. The zero-order valence-electron chi connectivity index (χ0n) is 14.1. The summed E-state index contributed by atoms with van der Waals surface area (Å²) in [5, 5.41) is 5.75. The summed E-state index contributed by atoms with van der Waals surface area (Å²) in [6, 6.07) is 11.4. The van der Waals surface area contributed by atoms with Crippen molar-refractivity contribution in [2.45, 2.75) is 26.2 Å². The van der Waals surface area contributed by atoms with Crippen molar-refractivity contribution in [1.29, 1.82) is 0 Å². The van der Waals surface area contributed by atoms with Crippen LogP contribution in [0.3, 0.4) is 0 Å². The maximum atomic E-state index is 11.7. The number of carbonyl (C=O) groups excluding carboxylic acids is 1. The summed E-state index contributed by atoms with van der Waals surface area (Å²) >= 11 is 0. The van der Waals surface area contributed by atoms with E-state index in [2.05, 4.69) is 41.6 Å². The van der Waals surface area contributed by atoms with E-state index < -0.39 is 0 Å². The summed E-state index contributed by atoms with van der Waals surface area (Å²) < 4.78 is 5.00. The van der Waals surface area contributed by atoms with Gasteiger partial charge in [-0.25, -0.2) is 0 Å². The summed E-state index contributed by atoms with van der Waals surface area (Å²) in [4.78, 5) is 15.8. The topological polar surface area (TPSA) is 92.6 Å². The van der Waals surface area contributed by atoms with Gasteiger partial charge >= 0.3 is 0 Å². The predicted octanol–water partition coefficient (Wildman–Crippen LogP) is 2.95. The van der Waals surface area contributed by atoms with E-state index in [4.69, 9.17) is 10.2 Å². The molecule has 1 aromatic carbocycles. The Morgan fingerprint density at radius 1 is 1.29 bits per heavy atom. The van der Waals surface area contributed by atoms with Crippen LogP contribution in [0.15, 0.2) is 52.1 Å². The van der Waals surface area contributed by atoms with Gasteiger partial charge in [-0.3, -0.25) is 9.79 Å². The van der Waals surface area contributed by atoms with Crippen molar-refractivity contribution in [3.05, 3.63) is 54.0 Å². The molecule has 2 aromatic rings. The number of furan rings is 1. The molecule has 0 bridgehead atoms. The number of guanidine groups is 1. The summed E-state index contributed by atoms with van der Waals surface area (Å²) in [6.45, 7) is 5.15. The van der Waals surface area contributed by atoms with E-state index in [-0.39, 0.29) is 11.7 Å². The van der Waals surface area contributed by atoms with Gasteiger partial charge in [-0.2, -0.15) is 0 Å². The van der Waals surface area contributed by atoms with Crippen molar-refractivity contribution in [3.8, 4) is 0 Å². The molecule has 2 rings (SSSR count). The van der Waals surface area contributed by atoms with Crippen LogP contribution in [0.25, 0.3) is 0 Å². The van der Waals surface area contributed by atoms with Crippen molar-refractivity contribution in [2.24, 2.45) is 10.7 Å². The number of anilines is 1. The number of hydrogen-bond acceptors (Lipinski definition) is 3. The number of aliphatic imine (C=N–C) groups is 1. The molecule has 6 heteroatoms. The molecule has 24 heavy (non-hydrogen) atoms. The standard InChI is InChI=1S/C18H24N4O2/c1-3-13(2)14-6-8-15(9-7-14)22-18(19)21-11-10-20-17(23)16-5-4-12-24-16/h4-9,12-13H,3,10-11H2,1-2H3,(H,20,23)(H3,19,21,22). The molecule has 1 unspecified atom stereocenters. The van der Waals surface area contributed by atoms with Crippen LogP contribution < -0.4 is 16.4 Å². The molecule has 0 saturated heterocycles. The van der Waals surface area contributed by atoms with E-state index in [1.54, 1.807) is 12.1 Å². The van der Waals surface area contributed by atoms with Gasteiger partial charge in [0.15, 0.2) is 11.7 Å². The largest absolute Gasteiger partial charge is 0.459 e. The molecule has 0 fully saturated rings. The van der Waals surface area contributed by atoms with E-state index in [1.165, 1.54) is 11.8 Å². The number of benzene rings is 1. The number of rotatable bonds is 7. The molecule has 1 aromatic heterocycles. The minimum Gasteiger partial charge on any atom is -0.459 e. The first-order valence-corrected chi connectivity index (χ1v) is 8.08. The molecule has 1 atom stereocenters. The number of nitrogens with two attached hydrogens (primary N) is 1. The molecule has 0 aliphatic heterocycles. The lowest BCUT2D eigenvalue weighted by molar-refractivity contribution is 0.0927. The third kappa shape index (κ3) is 5.15.